The fourth-order valence-electron chi connectivity index (χ4n) is 1.20. The topological polar surface area (TPSA) is 103 Å². The minimum atomic E-state index is -3.92. The number of amides is 1. The van der Waals surface area contributed by atoms with E-state index in [-0.39, 0.29) is 10.6 Å². The lowest BCUT2D eigenvalue weighted by atomic mass is 10.3. The number of methoxy groups -OCH3 is 3. The first-order chi connectivity index (χ1) is 8.94. The van der Waals surface area contributed by atoms with E-state index in [2.05, 4.69) is 4.74 Å². The zero-order valence-electron chi connectivity index (χ0n) is 10.6. The molecule has 8 nitrogen and oxygen atoms in total. The molecule has 0 aromatic heterocycles. The quantitative estimate of drug-likeness (QED) is 0.754. The molecule has 0 unspecified atom stereocenters. The molecule has 1 aromatic carbocycles. The molecule has 1 aromatic rings. The van der Waals surface area contributed by atoms with E-state index in [1.54, 1.807) is 0 Å². The molecule has 0 aliphatic carbocycles. The summed E-state index contributed by atoms with van der Waals surface area (Å²) in [5.41, 5.74) is 1.87. The second-order valence-corrected chi connectivity index (χ2v) is 4.92. The molecule has 0 radical (unpaired) electrons. The first-order valence-corrected chi connectivity index (χ1v) is 6.50. The Labute approximate surface area is 110 Å². The van der Waals surface area contributed by atoms with Gasteiger partial charge in [0.1, 0.15) is 0 Å². The van der Waals surface area contributed by atoms with Crippen molar-refractivity contribution in [2.24, 2.45) is 0 Å². The average Bonchev–Trinajstić information content (AvgIpc) is 2.43. The minimum absolute atomic E-state index is 0.0958. The van der Waals surface area contributed by atoms with Gasteiger partial charge in [-0.3, -0.25) is 0 Å². The molecule has 0 bridgehead atoms. The van der Waals surface area contributed by atoms with Crippen molar-refractivity contribution >= 4 is 16.1 Å². The molecule has 0 saturated heterocycles. The number of sulfonamides is 1. The van der Waals surface area contributed by atoms with E-state index in [1.807, 2.05) is 10.3 Å². The van der Waals surface area contributed by atoms with Gasteiger partial charge in [-0.1, -0.05) is 0 Å². The first kappa shape index (κ1) is 15.1. The molecule has 106 valence electrons. The Morgan fingerprint density at radius 1 is 1.11 bits per heavy atom. The smallest absolute Gasteiger partial charge is 0.422 e. The predicted molar refractivity (Wildman–Crippen MR) is 65.4 cm³/mol. The second-order valence-electron chi connectivity index (χ2n) is 3.24. The Balaban J connectivity index is 2.98. The van der Waals surface area contributed by atoms with Crippen LogP contribution >= 0.6 is 0 Å². The van der Waals surface area contributed by atoms with Gasteiger partial charge >= 0.3 is 6.09 Å². The maximum absolute atomic E-state index is 11.8. The van der Waals surface area contributed by atoms with Crippen molar-refractivity contribution in [2.45, 2.75) is 4.90 Å². The summed E-state index contributed by atoms with van der Waals surface area (Å²) in [7, 11) is 0.00757. The van der Waals surface area contributed by atoms with Gasteiger partial charge in [0.05, 0.1) is 26.2 Å². The fraction of sp³-hybridized carbons (Fsp3) is 0.300. The summed E-state index contributed by atoms with van der Waals surface area (Å²) in [5.74, 6) is 0.644. The molecule has 0 saturated carbocycles. The van der Waals surface area contributed by atoms with Gasteiger partial charge < -0.3 is 14.2 Å². The van der Waals surface area contributed by atoms with Crippen LogP contribution in [-0.2, 0) is 14.8 Å². The average molecular weight is 290 g/mol. The first-order valence-electron chi connectivity index (χ1n) is 5.02. The Morgan fingerprint density at radius 3 is 2.26 bits per heavy atom. The van der Waals surface area contributed by atoms with Crippen LogP contribution in [0.5, 0.6) is 11.5 Å². The summed E-state index contributed by atoms with van der Waals surface area (Å²) >= 11 is 0. The molecule has 19 heavy (non-hydrogen) atoms. The van der Waals surface area contributed by atoms with E-state index in [1.165, 1.54) is 32.4 Å². The number of nitrogens with one attached hydrogen (secondary N) is 2. The van der Waals surface area contributed by atoms with Crippen molar-refractivity contribution < 1.29 is 27.4 Å². The van der Waals surface area contributed by atoms with Crippen LogP contribution in [-0.4, -0.2) is 35.8 Å². The largest absolute Gasteiger partial charge is 0.493 e. The highest BCUT2D eigenvalue weighted by Crippen LogP contribution is 2.29. The third-order valence-corrected chi connectivity index (χ3v) is 3.38. The summed E-state index contributed by atoms with van der Waals surface area (Å²) in [5, 5.41) is 0. The molecule has 9 heteroatoms. The lowest BCUT2D eigenvalue weighted by molar-refractivity contribution is 0.169. The van der Waals surface area contributed by atoms with Gasteiger partial charge in [-0.25, -0.2) is 18.6 Å². The summed E-state index contributed by atoms with van der Waals surface area (Å²) in [6.07, 6.45) is -0.927. The van der Waals surface area contributed by atoms with Crippen LogP contribution in [0.25, 0.3) is 0 Å². The zero-order chi connectivity index (χ0) is 14.5. The number of hydrazine groups is 1. The molecule has 2 N–H and O–H groups in total. The minimum Gasteiger partial charge on any atom is -0.493 e. The fourth-order valence-corrected chi connectivity index (χ4v) is 2.05. The lowest BCUT2D eigenvalue weighted by Gasteiger charge is -2.11. The van der Waals surface area contributed by atoms with E-state index in [9.17, 15) is 13.2 Å². The van der Waals surface area contributed by atoms with E-state index < -0.39 is 16.1 Å². The van der Waals surface area contributed by atoms with Crippen molar-refractivity contribution in [2.75, 3.05) is 21.3 Å². The van der Waals surface area contributed by atoms with Gasteiger partial charge in [0, 0.05) is 6.07 Å². The van der Waals surface area contributed by atoms with Crippen LogP contribution in [0, 0.1) is 0 Å². The van der Waals surface area contributed by atoms with E-state index in [0.29, 0.717) is 5.75 Å². The predicted octanol–water partition coefficient (Wildman–Crippen LogP) is 0.253. The number of hydrogen-bond donors (Lipinski definition) is 2. The summed E-state index contributed by atoms with van der Waals surface area (Å²) in [4.78, 5) is 12.6. The Hall–Kier alpha value is -2.00. The van der Waals surface area contributed by atoms with E-state index in [0.717, 1.165) is 7.11 Å². The molecule has 0 aliphatic heterocycles. The number of carbonyl (C=O) groups is 1. The van der Waals surface area contributed by atoms with Gasteiger partial charge in [0.2, 0.25) is 0 Å². The Kier molecular flexibility index (Phi) is 4.95. The van der Waals surface area contributed by atoms with E-state index in [4.69, 9.17) is 9.47 Å². The molecular formula is C10H14N2O6S. The van der Waals surface area contributed by atoms with Crippen molar-refractivity contribution in [3.05, 3.63) is 18.2 Å². The number of hydrogen-bond acceptors (Lipinski definition) is 6. The third-order valence-electron chi connectivity index (χ3n) is 2.14. The van der Waals surface area contributed by atoms with Crippen LogP contribution in [0.15, 0.2) is 23.1 Å². The van der Waals surface area contributed by atoms with Gasteiger partial charge in [-0.15, -0.1) is 4.83 Å². The number of ether oxygens (including phenoxy) is 3. The Bertz CT molecular complexity index is 557. The molecule has 1 amide bonds. The normalized spacial score (nSPS) is 10.7. The van der Waals surface area contributed by atoms with Gasteiger partial charge in [-0.05, 0) is 12.1 Å². The van der Waals surface area contributed by atoms with Crippen LogP contribution in [0.4, 0.5) is 4.79 Å². The zero-order valence-corrected chi connectivity index (χ0v) is 11.4. The summed E-state index contributed by atoms with van der Waals surface area (Å²) in [6.45, 7) is 0. The Morgan fingerprint density at radius 2 is 1.74 bits per heavy atom. The molecule has 0 fully saturated rings. The van der Waals surface area contributed by atoms with Gasteiger partial charge in [0.25, 0.3) is 10.0 Å². The van der Waals surface area contributed by atoms with Crippen LogP contribution in [0.1, 0.15) is 0 Å². The lowest BCUT2D eigenvalue weighted by Crippen LogP contribution is -2.41. The maximum atomic E-state index is 11.8. The third kappa shape index (κ3) is 3.73. The van der Waals surface area contributed by atoms with Crippen LogP contribution < -0.4 is 19.7 Å². The SMILES string of the molecule is COC(=O)NNS(=O)(=O)c1ccc(OC)c(OC)c1. The standard InChI is InChI=1S/C10H14N2O6S/c1-16-8-5-4-7(6-9(8)17-2)19(14,15)12-11-10(13)18-3/h4-6,12H,1-3H3,(H,11,13). The number of rotatable bonds is 5. The van der Waals surface area contributed by atoms with Crippen LogP contribution in [0.3, 0.4) is 0 Å². The number of carbonyl (C=O) groups excluding carboxylic acids is 1. The van der Waals surface area contributed by atoms with Crippen molar-refractivity contribution in [1.29, 1.82) is 0 Å². The summed E-state index contributed by atoms with van der Waals surface area (Å²) in [6, 6.07) is 4.01. The highest BCUT2D eigenvalue weighted by Gasteiger charge is 2.17. The highest BCUT2D eigenvalue weighted by molar-refractivity contribution is 7.89. The highest BCUT2D eigenvalue weighted by atomic mass is 32.2. The van der Waals surface area contributed by atoms with Crippen molar-refractivity contribution in [3.63, 3.8) is 0 Å². The van der Waals surface area contributed by atoms with Gasteiger partial charge in [-0.2, -0.15) is 0 Å². The monoisotopic (exact) mass is 290 g/mol. The maximum Gasteiger partial charge on any atom is 0.422 e. The van der Waals surface area contributed by atoms with E-state index >= 15 is 0 Å². The second kappa shape index (κ2) is 6.25. The van der Waals surface area contributed by atoms with Gasteiger partial charge in [0.15, 0.2) is 11.5 Å². The summed E-state index contributed by atoms with van der Waals surface area (Å²) < 4.78 is 37.9. The molecule has 0 spiro atoms. The number of benzene rings is 1. The van der Waals surface area contributed by atoms with Crippen molar-refractivity contribution in [3.8, 4) is 11.5 Å². The molecular weight excluding hydrogens is 276 g/mol. The molecule has 0 atom stereocenters. The molecule has 1 rings (SSSR count). The van der Waals surface area contributed by atoms with Crippen molar-refractivity contribution in [1.82, 2.24) is 10.3 Å². The molecule has 0 heterocycles. The molecule has 0 aliphatic rings. The van der Waals surface area contributed by atoms with Crippen LogP contribution in [0.2, 0.25) is 0 Å².